The highest BCUT2D eigenvalue weighted by atomic mass is 35.5. The number of fused-ring (bicyclic) bond motifs is 1. The quantitative estimate of drug-likeness (QED) is 0.850. The van der Waals surface area contributed by atoms with Gasteiger partial charge in [0.25, 0.3) is 5.91 Å². The van der Waals surface area contributed by atoms with Crippen LogP contribution < -0.4 is 20.1 Å². The molecule has 0 saturated carbocycles. The minimum absolute atomic E-state index is 0.0653. The number of halogens is 2. The van der Waals surface area contributed by atoms with Crippen LogP contribution in [0.4, 0.5) is 15.8 Å². The van der Waals surface area contributed by atoms with Gasteiger partial charge in [0.2, 0.25) is 5.91 Å². The highest BCUT2D eigenvalue weighted by Crippen LogP contribution is 2.38. The van der Waals surface area contributed by atoms with Gasteiger partial charge in [0.1, 0.15) is 5.82 Å². The fraction of sp³-hybridized carbons (Fsp3) is 0.222. The smallest absolute Gasteiger partial charge is 0.255 e. The number of carbonyl (C=O) groups excluding carboxylic acids is 2. The molecule has 2 aromatic carbocycles. The number of hydrogen-bond donors (Lipinski definition) is 2. The Morgan fingerprint density at radius 3 is 2.65 bits per heavy atom. The van der Waals surface area contributed by atoms with Crippen molar-refractivity contribution < 1.29 is 23.5 Å². The highest BCUT2D eigenvalue weighted by Gasteiger charge is 2.19. The van der Waals surface area contributed by atoms with Gasteiger partial charge in [-0.3, -0.25) is 9.59 Å². The Hall–Kier alpha value is -2.80. The Labute approximate surface area is 154 Å². The number of nitrogens with one attached hydrogen (secondary N) is 2. The lowest BCUT2D eigenvalue weighted by Crippen LogP contribution is -2.14. The maximum absolute atomic E-state index is 14.0. The number of anilines is 2. The Morgan fingerprint density at radius 1 is 1.12 bits per heavy atom. The fourth-order valence-electron chi connectivity index (χ4n) is 2.46. The molecule has 3 rings (SSSR count). The molecule has 0 aliphatic carbocycles. The summed E-state index contributed by atoms with van der Waals surface area (Å²) >= 11 is 6.17. The number of carbonyl (C=O) groups is 2. The molecule has 8 heteroatoms. The number of benzene rings is 2. The van der Waals surface area contributed by atoms with Crippen LogP contribution in [0.2, 0.25) is 5.02 Å². The monoisotopic (exact) mass is 378 g/mol. The summed E-state index contributed by atoms with van der Waals surface area (Å²) in [6.07, 6.45) is 0.702. The number of hydrogen-bond acceptors (Lipinski definition) is 4. The van der Waals surface area contributed by atoms with Crippen molar-refractivity contribution in [2.45, 2.75) is 13.3 Å². The predicted molar refractivity (Wildman–Crippen MR) is 95.7 cm³/mol. The van der Waals surface area contributed by atoms with Crippen LogP contribution in [0.5, 0.6) is 11.5 Å². The molecule has 0 fully saturated rings. The summed E-state index contributed by atoms with van der Waals surface area (Å²) in [6, 6.07) is 6.81. The van der Waals surface area contributed by atoms with Gasteiger partial charge in [0.15, 0.2) is 11.5 Å². The van der Waals surface area contributed by atoms with Crippen molar-refractivity contribution in [2.75, 3.05) is 23.8 Å². The zero-order valence-electron chi connectivity index (χ0n) is 13.9. The summed E-state index contributed by atoms with van der Waals surface area (Å²) < 4.78 is 25.1. The standard InChI is InChI=1S/C18H16ClFN2O4/c1-10(23)21-12-3-4-14(20)15(9-12)22-18(24)11-7-13(19)17-16(8-11)25-5-2-6-26-17/h3-4,7-9H,2,5-6H2,1H3,(H,21,23)(H,22,24). The number of ether oxygens (including phenoxy) is 2. The summed E-state index contributed by atoms with van der Waals surface area (Å²) in [5.41, 5.74) is 0.499. The maximum Gasteiger partial charge on any atom is 0.255 e. The van der Waals surface area contributed by atoms with Crippen molar-refractivity contribution in [3.63, 3.8) is 0 Å². The first-order chi connectivity index (χ1) is 12.4. The zero-order valence-corrected chi connectivity index (χ0v) is 14.7. The van der Waals surface area contributed by atoms with E-state index in [-0.39, 0.29) is 22.2 Å². The second-order valence-electron chi connectivity index (χ2n) is 5.67. The molecule has 2 aromatic rings. The van der Waals surface area contributed by atoms with Gasteiger partial charge in [-0.25, -0.2) is 4.39 Å². The first kappa shape index (κ1) is 18.0. The van der Waals surface area contributed by atoms with Crippen LogP contribution in [0.15, 0.2) is 30.3 Å². The average molecular weight is 379 g/mol. The molecule has 2 amide bonds. The van der Waals surface area contributed by atoms with E-state index in [0.717, 1.165) is 6.07 Å². The maximum atomic E-state index is 14.0. The minimum atomic E-state index is -0.632. The van der Waals surface area contributed by atoms with Crippen LogP contribution in [0, 0.1) is 5.82 Å². The molecular formula is C18H16ClFN2O4. The predicted octanol–water partition coefficient (Wildman–Crippen LogP) is 3.85. The first-order valence-electron chi connectivity index (χ1n) is 7.91. The second kappa shape index (κ2) is 7.61. The molecule has 0 unspecified atom stereocenters. The lowest BCUT2D eigenvalue weighted by molar-refractivity contribution is -0.114. The molecule has 0 saturated heterocycles. The molecule has 0 atom stereocenters. The van der Waals surface area contributed by atoms with Crippen molar-refractivity contribution in [1.82, 2.24) is 0 Å². The van der Waals surface area contributed by atoms with E-state index < -0.39 is 11.7 Å². The molecule has 0 bridgehead atoms. The lowest BCUT2D eigenvalue weighted by Gasteiger charge is -2.13. The summed E-state index contributed by atoms with van der Waals surface area (Å²) in [5, 5.41) is 5.24. The van der Waals surface area contributed by atoms with Gasteiger partial charge < -0.3 is 20.1 Å². The Morgan fingerprint density at radius 2 is 1.88 bits per heavy atom. The molecule has 1 heterocycles. The fourth-order valence-corrected chi connectivity index (χ4v) is 2.72. The third-order valence-electron chi connectivity index (χ3n) is 3.60. The van der Waals surface area contributed by atoms with E-state index in [9.17, 15) is 14.0 Å². The molecule has 26 heavy (non-hydrogen) atoms. The highest BCUT2D eigenvalue weighted by molar-refractivity contribution is 6.32. The SMILES string of the molecule is CC(=O)Nc1ccc(F)c(NC(=O)c2cc(Cl)c3c(c2)OCCCO3)c1. The number of rotatable bonds is 3. The van der Waals surface area contributed by atoms with E-state index in [1.54, 1.807) is 0 Å². The lowest BCUT2D eigenvalue weighted by atomic mass is 10.1. The summed E-state index contributed by atoms with van der Waals surface area (Å²) in [5.74, 6) is -0.745. The third kappa shape index (κ3) is 4.05. The Bertz CT molecular complexity index is 873. The van der Waals surface area contributed by atoms with Crippen LogP contribution in [0.25, 0.3) is 0 Å². The molecule has 2 N–H and O–H groups in total. The first-order valence-corrected chi connectivity index (χ1v) is 8.29. The normalized spacial score (nSPS) is 12.9. The van der Waals surface area contributed by atoms with Crippen LogP contribution in [0.3, 0.4) is 0 Å². The Balaban J connectivity index is 1.85. The van der Waals surface area contributed by atoms with Crippen LogP contribution in [-0.2, 0) is 4.79 Å². The van der Waals surface area contributed by atoms with E-state index in [1.165, 1.54) is 31.2 Å². The molecule has 6 nitrogen and oxygen atoms in total. The zero-order chi connectivity index (χ0) is 18.7. The van der Waals surface area contributed by atoms with Crippen molar-refractivity contribution in [2.24, 2.45) is 0 Å². The van der Waals surface area contributed by atoms with Gasteiger partial charge in [0.05, 0.1) is 23.9 Å². The molecule has 0 spiro atoms. The molecule has 136 valence electrons. The Kier molecular flexibility index (Phi) is 5.27. The van der Waals surface area contributed by atoms with E-state index in [0.29, 0.717) is 36.8 Å². The molecule has 0 aromatic heterocycles. The summed E-state index contributed by atoms with van der Waals surface area (Å²) in [7, 11) is 0. The van der Waals surface area contributed by atoms with E-state index in [1.807, 2.05) is 0 Å². The van der Waals surface area contributed by atoms with Gasteiger partial charge >= 0.3 is 0 Å². The van der Waals surface area contributed by atoms with Crippen molar-refractivity contribution in [1.29, 1.82) is 0 Å². The van der Waals surface area contributed by atoms with Crippen LogP contribution in [-0.4, -0.2) is 25.0 Å². The molecule has 1 aliphatic rings. The molecule has 0 radical (unpaired) electrons. The summed E-state index contributed by atoms with van der Waals surface area (Å²) in [4.78, 5) is 23.6. The largest absolute Gasteiger partial charge is 0.489 e. The van der Waals surface area contributed by atoms with Crippen molar-refractivity contribution in [3.8, 4) is 11.5 Å². The number of amides is 2. The summed E-state index contributed by atoms with van der Waals surface area (Å²) in [6.45, 7) is 2.25. The van der Waals surface area contributed by atoms with Gasteiger partial charge in [-0.05, 0) is 30.3 Å². The molecular weight excluding hydrogens is 363 g/mol. The van der Waals surface area contributed by atoms with Gasteiger partial charge in [-0.2, -0.15) is 0 Å². The average Bonchev–Trinajstić information content (AvgIpc) is 2.83. The van der Waals surface area contributed by atoms with Gasteiger partial charge in [-0.15, -0.1) is 0 Å². The van der Waals surface area contributed by atoms with Gasteiger partial charge in [-0.1, -0.05) is 11.6 Å². The van der Waals surface area contributed by atoms with E-state index in [2.05, 4.69) is 10.6 Å². The van der Waals surface area contributed by atoms with Crippen LogP contribution >= 0.6 is 11.6 Å². The minimum Gasteiger partial charge on any atom is -0.489 e. The van der Waals surface area contributed by atoms with Gasteiger partial charge in [0, 0.05) is 24.6 Å². The van der Waals surface area contributed by atoms with E-state index >= 15 is 0 Å². The van der Waals surface area contributed by atoms with Crippen molar-refractivity contribution in [3.05, 3.63) is 46.7 Å². The van der Waals surface area contributed by atoms with Crippen molar-refractivity contribution >= 4 is 34.8 Å². The van der Waals surface area contributed by atoms with Crippen LogP contribution in [0.1, 0.15) is 23.7 Å². The van der Waals surface area contributed by atoms with E-state index in [4.69, 9.17) is 21.1 Å². The second-order valence-corrected chi connectivity index (χ2v) is 6.07. The topological polar surface area (TPSA) is 76.7 Å². The molecule has 1 aliphatic heterocycles. The third-order valence-corrected chi connectivity index (χ3v) is 3.88.